The molecular weight excluding hydrogens is 209 g/mol. The fraction of sp³-hybridized carbons (Fsp3) is 0.417. The van der Waals surface area contributed by atoms with Crippen LogP contribution in [-0.2, 0) is 0 Å². The highest BCUT2D eigenvalue weighted by atomic mass is 19.1. The molecule has 2 rings (SSSR count). The molecule has 0 bridgehead atoms. The molecule has 1 amide bonds. The van der Waals surface area contributed by atoms with E-state index in [0.717, 1.165) is 0 Å². The van der Waals surface area contributed by atoms with Crippen molar-refractivity contribution < 1.29 is 14.3 Å². The number of nitrogens with zero attached hydrogens (tertiary/aromatic N) is 1. The topological polar surface area (TPSA) is 40.5 Å². The first-order valence-electron chi connectivity index (χ1n) is 5.39. The summed E-state index contributed by atoms with van der Waals surface area (Å²) in [6, 6.07) is 6.13. The molecule has 1 fully saturated rings. The van der Waals surface area contributed by atoms with Crippen molar-refractivity contribution in [1.82, 2.24) is 4.90 Å². The number of amides is 1. The van der Waals surface area contributed by atoms with Crippen molar-refractivity contribution in [3.63, 3.8) is 0 Å². The van der Waals surface area contributed by atoms with Gasteiger partial charge in [0.2, 0.25) is 0 Å². The molecular formula is C12H14FNO2. The number of rotatable bonds is 1. The Morgan fingerprint density at radius 3 is 2.38 bits per heavy atom. The van der Waals surface area contributed by atoms with E-state index >= 15 is 0 Å². The number of hydrogen-bond acceptors (Lipinski definition) is 2. The zero-order valence-electron chi connectivity index (χ0n) is 8.90. The third kappa shape index (κ3) is 2.32. The predicted molar refractivity (Wildman–Crippen MR) is 58.1 cm³/mol. The summed E-state index contributed by atoms with van der Waals surface area (Å²) < 4.78 is 12.9. The van der Waals surface area contributed by atoms with Crippen LogP contribution in [0.4, 0.5) is 4.39 Å². The molecule has 1 saturated heterocycles. The lowest BCUT2D eigenvalue weighted by molar-refractivity contribution is 0.0667. The minimum Gasteiger partial charge on any atom is -0.508 e. The fourth-order valence-corrected chi connectivity index (χ4v) is 1.84. The summed E-state index contributed by atoms with van der Waals surface area (Å²) in [7, 11) is 0. The Hall–Kier alpha value is -1.58. The van der Waals surface area contributed by atoms with Crippen LogP contribution in [0, 0.1) is 0 Å². The number of carbonyl (C=O) groups excluding carboxylic acids is 1. The van der Waals surface area contributed by atoms with Crippen molar-refractivity contribution >= 4 is 5.91 Å². The molecule has 0 aliphatic carbocycles. The molecule has 1 aliphatic rings. The highest BCUT2D eigenvalue weighted by Gasteiger charge is 2.22. The maximum Gasteiger partial charge on any atom is 0.253 e. The molecule has 16 heavy (non-hydrogen) atoms. The van der Waals surface area contributed by atoms with Crippen molar-refractivity contribution in [3.8, 4) is 5.75 Å². The lowest BCUT2D eigenvalue weighted by atomic mass is 10.1. The Kier molecular flexibility index (Phi) is 3.08. The minimum atomic E-state index is -0.774. The molecule has 1 heterocycles. The normalized spacial score (nSPS) is 17.4. The van der Waals surface area contributed by atoms with E-state index in [-0.39, 0.29) is 11.7 Å². The molecule has 0 atom stereocenters. The number of aromatic hydroxyl groups is 1. The fourth-order valence-electron chi connectivity index (χ4n) is 1.84. The van der Waals surface area contributed by atoms with Crippen molar-refractivity contribution in [3.05, 3.63) is 29.8 Å². The Morgan fingerprint density at radius 2 is 1.81 bits per heavy atom. The van der Waals surface area contributed by atoms with Crippen molar-refractivity contribution in [2.24, 2.45) is 0 Å². The quantitative estimate of drug-likeness (QED) is 0.790. The highest BCUT2D eigenvalue weighted by Crippen LogP contribution is 2.17. The molecule has 1 aromatic rings. The van der Waals surface area contributed by atoms with E-state index in [9.17, 15) is 9.18 Å². The van der Waals surface area contributed by atoms with Gasteiger partial charge in [-0.3, -0.25) is 4.79 Å². The van der Waals surface area contributed by atoms with E-state index in [0.29, 0.717) is 31.5 Å². The van der Waals surface area contributed by atoms with E-state index in [1.165, 1.54) is 12.1 Å². The Labute approximate surface area is 93.5 Å². The predicted octanol–water partition coefficient (Wildman–Crippen LogP) is 1.97. The molecule has 3 nitrogen and oxygen atoms in total. The number of piperidine rings is 1. The number of alkyl halides is 1. The van der Waals surface area contributed by atoms with Gasteiger partial charge >= 0.3 is 0 Å². The molecule has 0 saturated carbocycles. The Balaban J connectivity index is 2.05. The molecule has 0 unspecified atom stereocenters. The molecule has 1 N–H and O–H groups in total. The van der Waals surface area contributed by atoms with Gasteiger partial charge in [-0.2, -0.15) is 0 Å². The van der Waals surface area contributed by atoms with Crippen LogP contribution in [0.3, 0.4) is 0 Å². The lowest BCUT2D eigenvalue weighted by Gasteiger charge is -2.28. The van der Waals surface area contributed by atoms with Crippen LogP contribution in [0.15, 0.2) is 24.3 Å². The van der Waals surface area contributed by atoms with Gasteiger partial charge in [-0.25, -0.2) is 4.39 Å². The molecule has 4 heteroatoms. The third-order valence-corrected chi connectivity index (χ3v) is 2.83. The van der Waals surface area contributed by atoms with Gasteiger partial charge in [-0.1, -0.05) is 0 Å². The van der Waals surface area contributed by atoms with E-state index < -0.39 is 6.17 Å². The van der Waals surface area contributed by atoms with E-state index in [2.05, 4.69) is 0 Å². The Morgan fingerprint density at radius 1 is 1.25 bits per heavy atom. The number of halogens is 1. The molecule has 1 aliphatic heterocycles. The summed E-state index contributed by atoms with van der Waals surface area (Å²) in [5, 5.41) is 9.11. The van der Waals surface area contributed by atoms with Gasteiger partial charge in [0.1, 0.15) is 11.9 Å². The van der Waals surface area contributed by atoms with Crippen molar-refractivity contribution in [2.75, 3.05) is 13.1 Å². The highest BCUT2D eigenvalue weighted by molar-refractivity contribution is 5.94. The minimum absolute atomic E-state index is 0.0908. The second-order valence-electron chi connectivity index (χ2n) is 4.01. The first-order chi connectivity index (χ1) is 7.66. The number of phenolic OH excluding ortho intramolecular Hbond substituents is 1. The van der Waals surface area contributed by atoms with Crippen LogP contribution >= 0.6 is 0 Å². The number of phenols is 1. The van der Waals surface area contributed by atoms with E-state index in [1.807, 2.05) is 0 Å². The Bertz CT molecular complexity index is 369. The molecule has 1 aromatic carbocycles. The maximum atomic E-state index is 12.9. The number of benzene rings is 1. The molecule has 0 spiro atoms. The first-order valence-corrected chi connectivity index (χ1v) is 5.39. The zero-order valence-corrected chi connectivity index (χ0v) is 8.90. The summed E-state index contributed by atoms with van der Waals surface area (Å²) in [5.74, 6) is 0.0471. The van der Waals surface area contributed by atoms with Crippen LogP contribution in [0.1, 0.15) is 23.2 Å². The zero-order chi connectivity index (χ0) is 11.5. The van der Waals surface area contributed by atoms with Crippen molar-refractivity contribution in [2.45, 2.75) is 19.0 Å². The van der Waals surface area contributed by atoms with Gasteiger partial charge in [0.05, 0.1) is 0 Å². The summed E-state index contributed by atoms with van der Waals surface area (Å²) in [5.41, 5.74) is 0.537. The largest absolute Gasteiger partial charge is 0.508 e. The summed E-state index contributed by atoms with van der Waals surface area (Å²) >= 11 is 0. The maximum absolute atomic E-state index is 12.9. The summed E-state index contributed by atoms with van der Waals surface area (Å²) in [6.07, 6.45) is 0.0667. The average Bonchev–Trinajstić information content (AvgIpc) is 2.30. The van der Waals surface area contributed by atoms with Gasteiger partial charge in [-0.05, 0) is 37.1 Å². The molecule has 0 radical (unpaired) electrons. The van der Waals surface area contributed by atoms with Gasteiger partial charge in [0, 0.05) is 18.7 Å². The lowest BCUT2D eigenvalue weighted by Crippen LogP contribution is -2.38. The molecule has 86 valence electrons. The van der Waals surface area contributed by atoms with Crippen molar-refractivity contribution in [1.29, 1.82) is 0 Å². The van der Waals surface area contributed by atoms with E-state index in [1.54, 1.807) is 17.0 Å². The number of carbonyl (C=O) groups is 1. The smallest absolute Gasteiger partial charge is 0.253 e. The van der Waals surface area contributed by atoms with Crippen LogP contribution in [0.2, 0.25) is 0 Å². The van der Waals surface area contributed by atoms with Crippen LogP contribution < -0.4 is 0 Å². The summed E-state index contributed by atoms with van der Waals surface area (Å²) in [6.45, 7) is 0.946. The van der Waals surface area contributed by atoms with Gasteiger partial charge < -0.3 is 10.0 Å². The number of likely N-dealkylation sites (tertiary alicyclic amines) is 1. The van der Waals surface area contributed by atoms with Gasteiger partial charge in [0.25, 0.3) is 5.91 Å². The van der Waals surface area contributed by atoms with Crippen LogP contribution in [0.25, 0.3) is 0 Å². The second kappa shape index (κ2) is 4.51. The first kappa shape index (κ1) is 10.9. The molecule has 0 aromatic heterocycles. The van der Waals surface area contributed by atoms with Gasteiger partial charge in [-0.15, -0.1) is 0 Å². The number of hydrogen-bond donors (Lipinski definition) is 1. The summed E-state index contributed by atoms with van der Waals surface area (Å²) in [4.78, 5) is 13.6. The van der Waals surface area contributed by atoms with Crippen LogP contribution in [0.5, 0.6) is 5.75 Å². The average molecular weight is 223 g/mol. The second-order valence-corrected chi connectivity index (χ2v) is 4.01. The van der Waals surface area contributed by atoms with Crippen LogP contribution in [-0.4, -0.2) is 35.2 Å². The van der Waals surface area contributed by atoms with Gasteiger partial charge in [0.15, 0.2) is 0 Å². The monoisotopic (exact) mass is 223 g/mol. The standard InChI is InChI=1S/C12H14FNO2/c13-10-5-7-14(8-6-10)12(16)9-1-3-11(15)4-2-9/h1-4,10,15H,5-8H2. The van der Waals surface area contributed by atoms with E-state index in [4.69, 9.17) is 5.11 Å². The third-order valence-electron chi connectivity index (χ3n) is 2.83. The SMILES string of the molecule is O=C(c1ccc(O)cc1)N1CCC(F)CC1.